The summed E-state index contributed by atoms with van der Waals surface area (Å²) in [7, 11) is 0. The minimum Gasteiger partial charge on any atom is -0.351 e. The van der Waals surface area contributed by atoms with Crippen LogP contribution < -0.4 is 5.32 Å². The highest BCUT2D eigenvalue weighted by Crippen LogP contribution is 2.02. The molecule has 2 heteroatoms. The largest absolute Gasteiger partial charge is 0.351 e. The van der Waals surface area contributed by atoms with Crippen molar-refractivity contribution >= 4 is 5.91 Å². The number of benzene rings is 1. The Labute approximate surface area is 99.1 Å². The molecule has 1 aromatic carbocycles. The van der Waals surface area contributed by atoms with E-state index in [2.05, 4.69) is 5.32 Å². The first-order chi connectivity index (χ1) is 7.47. The van der Waals surface area contributed by atoms with Gasteiger partial charge < -0.3 is 5.32 Å². The molecule has 0 atom stereocenters. The number of carbonyl (C=O) groups is 1. The smallest absolute Gasteiger partial charge is 0.224 e. The molecule has 0 aliphatic carbocycles. The highest BCUT2D eigenvalue weighted by atomic mass is 16.1. The van der Waals surface area contributed by atoms with Crippen molar-refractivity contribution in [1.29, 1.82) is 0 Å². The van der Waals surface area contributed by atoms with Crippen LogP contribution in [0.15, 0.2) is 30.3 Å². The molecule has 1 rings (SSSR count). The molecule has 0 radical (unpaired) electrons. The second-order valence-corrected chi connectivity index (χ2v) is 4.46. The number of hydrogen-bond acceptors (Lipinski definition) is 1. The van der Waals surface area contributed by atoms with Crippen LogP contribution in [0.2, 0.25) is 0 Å². The Hall–Kier alpha value is -1.31. The van der Waals surface area contributed by atoms with Crippen molar-refractivity contribution < 1.29 is 4.79 Å². The molecule has 0 spiro atoms. The van der Waals surface area contributed by atoms with E-state index in [1.165, 1.54) is 0 Å². The van der Waals surface area contributed by atoms with E-state index < -0.39 is 0 Å². The molecule has 0 aromatic heterocycles. The first-order valence-electron chi connectivity index (χ1n) is 5.82. The van der Waals surface area contributed by atoms with Gasteiger partial charge in [0.05, 0.1) is 6.42 Å². The third-order valence-corrected chi connectivity index (χ3v) is 1.72. The Morgan fingerprint density at radius 1 is 1.12 bits per heavy atom. The summed E-state index contributed by atoms with van der Waals surface area (Å²) in [4.78, 5) is 11.5. The van der Waals surface area contributed by atoms with Crippen LogP contribution in [0.3, 0.4) is 0 Å². The van der Waals surface area contributed by atoms with Crippen molar-refractivity contribution in [1.82, 2.24) is 5.32 Å². The molecule has 0 aliphatic rings. The average Bonchev–Trinajstić information content (AvgIpc) is 2.19. The van der Waals surface area contributed by atoms with E-state index in [4.69, 9.17) is 0 Å². The lowest BCUT2D eigenvalue weighted by atomic mass is 10.1. The van der Waals surface area contributed by atoms with Crippen molar-refractivity contribution in [3.63, 3.8) is 0 Å². The maximum atomic E-state index is 11.5. The van der Waals surface area contributed by atoms with Gasteiger partial charge in [-0.15, -0.1) is 0 Å². The van der Waals surface area contributed by atoms with E-state index in [0.29, 0.717) is 6.42 Å². The SMILES string of the molecule is CC.CC(C)(C)NC(=O)Cc1ccccc1. The normalized spacial score (nSPS) is 10.1. The number of carbonyl (C=O) groups excluding carboxylic acids is 1. The summed E-state index contributed by atoms with van der Waals surface area (Å²) in [5.41, 5.74) is 0.903. The number of amides is 1. The van der Waals surface area contributed by atoms with Crippen molar-refractivity contribution in [3.05, 3.63) is 35.9 Å². The summed E-state index contributed by atoms with van der Waals surface area (Å²) in [5, 5.41) is 2.93. The molecule has 0 heterocycles. The molecular weight excluding hydrogens is 198 g/mol. The van der Waals surface area contributed by atoms with Crippen LogP contribution in [0.25, 0.3) is 0 Å². The Morgan fingerprint density at radius 3 is 2.06 bits per heavy atom. The Morgan fingerprint density at radius 2 is 1.62 bits per heavy atom. The van der Waals surface area contributed by atoms with Gasteiger partial charge in [0.2, 0.25) is 5.91 Å². The van der Waals surface area contributed by atoms with Gasteiger partial charge in [0.25, 0.3) is 0 Å². The first kappa shape index (κ1) is 14.7. The molecule has 90 valence electrons. The maximum Gasteiger partial charge on any atom is 0.224 e. The number of rotatable bonds is 2. The van der Waals surface area contributed by atoms with E-state index >= 15 is 0 Å². The van der Waals surface area contributed by atoms with Crippen LogP contribution in [-0.4, -0.2) is 11.4 Å². The van der Waals surface area contributed by atoms with Crippen molar-refractivity contribution in [2.75, 3.05) is 0 Å². The molecule has 0 bridgehead atoms. The second-order valence-electron chi connectivity index (χ2n) is 4.46. The highest BCUT2D eigenvalue weighted by Gasteiger charge is 2.13. The number of nitrogens with one attached hydrogen (secondary N) is 1. The molecule has 1 amide bonds. The van der Waals surface area contributed by atoms with Crippen LogP contribution in [-0.2, 0) is 11.2 Å². The second kappa shape index (κ2) is 7.04. The molecule has 0 fully saturated rings. The standard InChI is InChI=1S/C12H17NO.C2H6/c1-12(2,3)13-11(14)9-10-7-5-4-6-8-10;1-2/h4-8H,9H2,1-3H3,(H,13,14);1-2H3. The minimum absolute atomic E-state index is 0.0729. The van der Waals surface area contributed by atoms with Gasteiger partial charge in [0, 0.05) is 5.54 Å². The lowest BCUT2D eigenvalue weighted by Gasteiger charge is -2.20. The van der Waals surface area contributed by atoms with E-state index in [1.807, 2.05) is 65.0 Å². The summed E-state index contributed by atoms with van der Waals surface area (Å²) in [6, 6.07) is 9.76. The fourth-order valence-corrected chi connectivity index (χ4v) is 1.24. The third-order valence-electron chi connectivity index (χ3n) is 1.72. The Kier molecular flexibility index (Phi) is 6.47. The van der Waals surface area contributed by atoms with Gasteiger partial charge in [-0.25, -0.2) is 0 Å². The minimum atomic E-state index is -0.147. The molecule has 0 aliphatic heterocycles. The fraction of sp³-hybridized carbons (Fsp3) is 0.500. The van der Waals surface area contributed by atoms with Crippen LogP contribution in [0, 0.1) is 0 Å². The van der Waals surface area contributed by atoms with Crippen molar-refractivity contribution in [2.24, 2.45) is 0 Å². The predicted molar refractivity (Wildman–Crippen MR) is 69.4 cm³/mol. The molecule has 16 heavy (non-hydrogen) atoms. The van der Waals surface area contributed by atoms with E-state index in [1.54, 1.807) is 0 Å². The zero-order valence-corrected chi connectivity index (χ0v) is 11.0. The van der Waals surface area contributed by atoms with Crippen LogP contribution in [0.1, 0.15) is 40.2 Å². The molecule has 2 nitrogen and oxygen atoms in total. The zero-order valence-electron chi connectivity index (χ0n) is 11.0. The molecule has 0 saturated heterocycles. The monoisotopic (exact) mass is 221 g/mol. The third kappa shape index (κ3) is 7.04. The summed E-state index contributed by atoms with van der Waals surface area (Å²) >= 11 is 0. The van der Waals surface area contributed by atoms with Gasteiger partial charge in [0.1, 0.15) is 0 Å². The summed E-state index contributed by atoms with van der Waals surface area (Å²) in [6.45, 7) is 9.95. The van der Waals surface area contributed by atoms with Crippen molar-refractivity contribution in [2.45, 2.75) is 46.6 Å². The lowest BCUT2D eigenvalue weighted by molar-refractivity contribution is -0.121. The molecule has 0 saturated carbocycles. The van der Waals surface area contributed by atoms with Gasteiger partial charge in [-0.2, -0.15) is 0 Å². The molecule has 1 aromatic rings. The molecule has 1 N–H and O–H groups in total. The summed E-state index contributed by atoms with van der Waals surface area (Å²) < 4.78 is 0. The summed E-state index contributed by atoms with van der Waals surface area (Å²) in [6.07, 6.45) is 0.456. The van der Waals surface area contributed by atoms with Crippen LogP contribution >= 0.6 is 0 Å². The predicted octanol–water partition coefficient (Wildman–Crippen LogP) is 3.17. The van der Waals surface area contributed by atoms with Gasteiger partial charge in [-0.3, -0.25) is 4.79 Å². The zero-order chi connectivity index (χ0) is 12.6. The lowest BCUT2D eigenvalue weighted by Crippen LogP contribution is -2.41. The van der Waals surface area contributed by atoms with E-state index in [9.17, 15) is 4.79 Å². The van der Waals surface area contributed by atoms with Gasteiger partial charge >= 0.3 is 0 Å². The Balaban J connectivity index is 0.00000106. The van der Waals surface area contributed by atoms with Gasteiger partial charge in [-0.05, 0) is 26.3 Å². The van der Waals surface area contributed by atoms with E-state index in [-0.39, 0.29) is 11.4 Å². The maximum absolute atomic E-state index is 11.5. The highest BCUT2D eigenvalue weighted by molar-refractivity contribution is 5.79. The topological polar surface area (TPSA) is 29.1 Å². The summed E-state index contributed by atoms with van der Waals surface area (Å²) in [5.74, 6) is 0.0729. The van der Waals surface area contributed by atoms with Crippen LogP contribution in [0.4, 0.5) is 0 Å². The van der Waals surface area contributed by atoms with E-state index in [0.717, 1.165) is 5.56 Å². The quantitative estimate of drug-likeness (QED) is 0.816. The first-order valence-corrected chi connectivity index (χ1v) is 5.82. The van der Waals surface area contributed by atoms with Crippen molar-refractivity contribution in [3.8, 4) is 0 Å². The number of hydrogen-bond donors (Lipinski definition) is 1. The molecule has 0 unspecified atom stereocenters. The van der Waals surface area contributed by atoms with Crippen LogP contribution in [0.5, 0.6) is 0 Å². The average molecular weight is 221 g/mol. The van der Waals surface area contributed by atoms with Gasteiger partial charge in [0.15, 0.2) is 0 Å². The molecular formula is C14H23NO. The fourth-order valence-electron chi connectivity index (χ4n) is 1.24. The Bertz CT molecular complexity index is 298. The van der Waals surface area contributed by atoms with Gasteiger partial charge in [-0.1, -0.05) is 44.2 Å².